The standard InChI is InChI=1S/C7H11NO2/c1-7(10)4-5(9)2-3-6(7)8/h2-4,6,9-10H,8H2,1H3. The van der Waals surface area contributed by atoms with Crippen molar-refractivity contribution < 1.29 is 10.2 Å². The molecule has 10 heavy (non-hydrogen) atoms. The van der Waals surface area contributed by atoms with Crippen molar-refractivity contribution in [1.82, 2.24) is 0 Å². The molecule has 0 fully saturated rings. The fourth-order valence-electron chi connectivity index (χ4n) is 0.841. The van der Waals surface area contributed by atoms with Gasteiger partial charge in [0.1, 0.15) is 11.4 Å². The fourth-order valence-corrected chi connectivity index (χ4v) is 0.841. The summed E-state index contributed by atoms with van der Waals surface area (Å²) in [7, 11) is 0. The summed E-state index contributed by atoms with van der Waals surface area (Å²) in [5, 5.41) is 18.3. The Morgan fingerprint density at radius 3 is 2.70 bits per heavy atom. The topological polar surface area (TPSA) is 66.5 Å². The molecule has 1 aliphatic carbocycles. The molecular weight excluding hydrogens is 130 g/mol. The number of allylic oxidation sites excluding steroid dienone is 1. The maximum atomic E-state index is 9.40. The van der Waals surface area contributed by atoms with Crippen LogP contribution in [-0.4, -0.2) is 21.9 Å². The normalized spacial score (nSPS) is 39.5. The Morgan fingerprint density at radius 1 is 1.70 bits per heavy atom. The Balaban J connectivity index is 2.88. The number of nitrogens with two attached hydrogens (primary N) is 1. The Hall–Kier alpha value is -0.800. The van der Waals surface area contributed by atoms with Gasteiger partial charge in [-0.25, -0.2) is 0 Å². The Morgan fingerprint density at radius 2 is 2.30 bits per heavy atom. The molecule has 0 radical (unpaired) electrons. The summed E-state index contributed by atoms with van der Waals surface area (Å²) in [5.41, 5.74) is 4.37. The van der Waals surface area contributed by atoms with E-state index in [-0.39, 0.29) is 5.76 Å². The molecule has 2 atom stereocenters. The van der Waals surface area contributed by atoms with Crippen LogP contribution in [0.1, 0.15) is 6.92 Å². The van der Waals surface area contributed by atoms with Crippen molar-refractivity contribution in [2.24, 2.45) is 5.73 Å². The van der Waals surface area contributed by atoms with Gasteiger partial charge in [-0.2, -0.15) is 0 Å². The maximum absolute atomic E-state index is 9.40. The van der Waals surface area contributed by atoms with Crippen molar-refractivity contribution >= 4 is 0 Å². The number of aliphatic hydroxyl groups excluding tert-OH is 1. The summed E-state index contributed by atoms with van der Waals surface area (Å²) in [6.07, 6.45) is 4.37. The van der Waals surface area contributed by atoms with Gasteiger partial charge in [0.2, 0.25) is 0 Å². The van der Waals surface area contributed by atoms with E-state index in [4.69, 9.17) is 10.8 Å². The minimum absolute atomic E-state index is 0.0618. The van der Waals surface area contributed by atoms with E-state index in [1.165, 1.54) is 12.2 Å². The highest BCUT2D eigenvalue weighted by Gasteiger charge is 2.27. The van der Waals surface area contributed by atoms with Gasteiger partial charge in [0.25, 0.3) is 0 Å². The summed E-state index contributed by atoms with van der Waals surface area (Å²) in [4.78, 5) is 0. The first-order valence-electron chi connectivity index (χ1n) is 3.10. The van der Waals surface area contributed by atoms with E-state index in [0.717, 1.165) is 0 Å². The molecule has 3 nitrogen and oxygen atoms in total. The molecule has 0 saturated heterocycles. The highest BCUT2D eigenvalue weighted by atomic mass is 16.3. The summed E-state index contributed by atoms with van der Waals surface area (Å²) in [5.74, 6) is 0.0618. The van der Waals surface area contributed by atoms with Crippen molar-refractivity contribution in [3.05, 3.63) is 24.0 Å². The highest BCUT2D eigenvalue weighted by Crippen LogP contribution is 2.17. The molecule has 2 unspecified atom stereocenters. The second-order valence-corrected chi connectivity index (χ2v) is 2.68. The van der Waals surface area contributed by atoms with Crippen LogP contribution in [0.25, 0.3) is 0 Å². The second kappa shape index (κ2) is 2.11. The molecule has 0 spiro atoms. The van der Waals surface area contributed by atoms with Crippen LogP contribution in [0.15, 0.2) is 24.0 Å². The van der Waals surface area contributed by atoms with Crippen molar-refractivity contribution in [3.8, 4) is 0 Å². The maximum Gasteiger partial charge on any atom is 0.114 e. The van der Waals surface area contributed by atoms with Gasteiger partial charge >= 0.3 is 0 Å². The summed E-state index contributed by atoms with van der Waals surface area (Å²) in [6, 6.07) is -0.427. The van der Waals surface area contributed by atoms with Gasteiger partial charge in [0.15, 0.2) is 0 Å². The van der Waals surface area contributed by atoms with Crippen molar-refractivity contribution in [2.75, 3.05) is 0 Å². The first-order chi connectivity index (χ1) is 4.52. The van der Waals surface area contributed by atoms with E-state index in [2.05, 4.69) is 0 Å². The minimum Gasteiger partial charge on any atom is -0.508 e. The van der Waals surface area contributed by atoms with Crippen LogP contribution in [0.4, 0.5) is 0 Å². The van der Waals surface area contributed by atoms with E-state index < -0.39 is 11.6 Å². The van der Waals surface area contributed by atoms with Crippen LogP contribution in [0.3, 0.4) is 0 Å². The highest BCUT2D eigenvalue weighted by molar-refractivity contribution is 5.26. The fraction of sp³-hybridized carbons (Fsp3) is 0.429. The number of aliphatic hydroxyl groups is 2. The SMILES string of the molecule is CC1(O)C=C(O)C=CC1N. The Labute approximate surface area is 59.5 Å². The van der Waals surface area contributed by atoms with Crippen LogP contribution in [-0.2, 0) is 0 Å². The zero-order valence-corrected chi connectivity index (χ0v) is 5.78. The molecule has 0 saturated carbocycles. The van der Waals surface area contributed by atoms with Crippen molar-refractivity contribution in [2.45, 2.75) is 18.6 Å². The lowest BCUT2D eigenvalue weighted by Crippen LogP contribution is -2.44. The Bertz CT molecular complexity index is 194. The lowest BCUT2D eigenvalue weighted by Gasteiger charge is -2.26. The molecule has 0 amide bonds. The van der Waals surface area contributed by atoms with Crippen molar-refractivity contribution in [1.29, 1.82) is 0 Å². The van der Waals surface area contributed by atoms with Gasteiger partial charge in [0, 0.05) is 0 Å². The lowest BCUT2D eigenvalue weighted by molar-refractivity contribution is 0.0919. The van der Waals surface area contributed by atoms with Crippen LogP contribution < -0.4 is 5.73 Å². The molecule has 3 heteroatoms. The van der Waals surface area contributed by atoms with Gasteiger partial charge in [-0.15, -0.1) is 0 Å². The van der Waals surface area contributed by atoms with Gasteiger partial charge in [-0.05, 0) is 19.1 Å². The summed E-state index contributed by atoms with van der Waals surface area (Å²) in [6.45, 7) is 1.55. The Kier molecular flexibility index (Phi) is 1.54. The molecule has 1 rings (SSSR count). The van der Waals surface area contributed by atoms with Crippen molar-refractivity contribution in [3.63, 3.8) is 0 Å². The van der Waals surface area contributed by atoms with Crippen LogP contribution in [0, 0.1) is 0 Å². The molecule has 0 bridgehead atoms. The third-order valence-corrected chi connectivity index (χ3v) is 1.59. The van der Waals surface area contributed by atoms with Crippen LogP contribution in [0.5, 0.6) is 0 Å². The predicted molar refractivity (Wildman–Crippen MR) is 38.5 cm³/mol. The van der Waals surface area contributed by atoms with Gasteiger partial charge in [-0.1, -0.05) is 6.08 Å². The molecule has 1 aliphatic rings. The van der Waals surface area contributed by atoms with Gasteiger partial charge in [0.05, 0.1) is 6.04 Å². The number of hydrogen-bond acceptors (Lipinski definition) is 3. The van der Waals surface area contributed by atoms with E-state index in [1.54, 1.807) is 13.0 Å². The first-order valence-corrected chi connectivity index (χ1v) is 3.10. The molecule has 0 aromatic carbocycles. The molecule has 56 valence electrons. The number of rotatable bonds is 0. The zero-order chi connectivity index (χ0) is 7.78. The third-order valence-electron chi connectivity index (χ3n) is 1.59. The van der Waals surface area contributed by atoms with Crippen LogP contribution in [0.2, 0.25) is 0 Å². The lowest BCUT2D eigenvalue weighted by atomic mass is 9.92. The molecule has 0 aromatic rings. The average molecular weight is 141 g/mol. The minimum atomic E-state index is -1.11. The van der Waals surface area contributed by atoms with E-state index in [9.17, 15) is 5.11 Å². The zero-order valence-electron chi connectivity index (χ0n) is 5.78. The summed E-state index contributed by atoms with van der Waals surface area (Å²) >= 11 is 0. The third kappa shape index (κ3) is 1.20. The largest absolute Gasteiger partial charge is 0.508 e. The molecule has 0 aromatic heterocycles. The monoisotopic (exact) mass is 141 g/mol. The number of hydrogen-bond donors (Lipinski definition) is 3. The predicted octanol–water partition coefficient (Wildman–Crippen LogP) is 0.0764. The van der Waals surface area contributed by atoms with E-state index in [1.807, 2.05) is 0 Å². The molecular formula is C7H11NO2. The average Bonchev–Trinajstić information content (AvgIpc) is 1.78. The van der Waals surface area contributed by atoms with Gasteiger partial charge in [-0.3, -0.25) is 0 Å². The first kappa shape index (κ1) is 7.31. The van der Waals surface area contributed by atoms with E-state index >= 15 is 0 Å². The second-order valence-electron chi connectivity index (χ2n) is 2.68. The van der Waals surface area contributed by atoms with Crippen LogP contribution >= 0.6 is 0 Å². The summed E-state index contributed by atoms with van der Waals surface area (Å²) < 4.78 is 0. The molecule has 0 heterocycles. The molecule has 4 N–H and O–H groups in total. The molecule has 0 aliphatic heterocycles. The quantitative estimate of drug-likeness (QED) is 0.447. The van der Waals surface area contributed by atoms with E-state index in [0.29, 0.717) is 0 Å². The van der Waals surface area contributed by atoms with Gasteiger partial charge < -0.3 is 15.9 Å². The smallest absolute Gasteiger partial charge is 0.114 e.